The summed E-state index contributed by atoms with van der Waals surface area (Å²) in [4.78, 5) is 10.9. The zero-order valence-electron chi connectivity index (χ0n) is 7.19. The van der Waals surface area contributed by atoms with Crippen molar-refractivity contribution in [2.75, 3.05) is 5.88 Å². The Hall–Kier alpha value is -0.240. The second-order valence-electron chi connectivity index (χ2n) is 2.70. The zero-order chi connectivity index (χ0) is 8.69. The number of hydrogen-bond donors (Lipinski definition) is 1. The van der Waals surface area contributed by atoms with E-state index in [0.717, 1.165) is 12.8 Å². The quantitative estimate of drug-likeness (QED) is 0.639. The van der Waals surface area contributed by atoms with Gasteiger partial charge in [-0.05, 0) is 13.3 Å². The van der Waals surface area contributed by atoms with Crippen molar-refractivity contribution in [3.05, 3.63) is 0 Å². The number of halogens is 1. The van der Waals surface area contributed by atoms with Crippen molar-refractivity contribution >= 4 is 17.5 Å². The summed E-state index contributed by atoms with van der Waals surface area (Å²) in [5.41, 5.74) is 0. The molecule has 2 nitrogen and oxygen atoms in total. The fourth-order valence-corrected chi connectivity index (χ4v) is 1.11. The van der Waals surface area contributed by atoms with E-state index in [4.69, 9.17) is 11.6 Å². The average molecular weight is 178 g/mol. The summed E-state index contributed by atoms with van der Waals surface area (Å²) < 4.78 is 0. The van der Waals surface area contributed by atoms with Gasteiger partial charge in [0.1, 0.15) is 0 Å². The first kappa shape index (κ1) is 10.8. The molecule has 1 atom stereocenters. The Labute approximate surface area is 73.3 Å². The van der Waals surface area contributed by atoms with E-state index in [1.807, 2.05) is 6.92 Å². The van der Waals surface area contributed by atoms with Crippen LogP contribution in [0.3, 0.4) is 0 Å². The predicted molar refractivity (Wildman–Crippen MR) is 47.8 cm³/mol. The van der Waals surface area contributed by atoms with Gasteiger partial charge in [-0.1, -0.05) is 13.3 Å². The minimum Gasteiger partial charge on any atom is -0.354 e. The fraction of sp³-hybridized carbons (Fsp3) is 0.875. The summed E-state index contributed by atoms with van der Waals surface area (Å²) in [6.45, 7) is 4.11. The Morgan fingerprint density at radius 1 is 1.64 bits per heavy atom. The molecule has 0 rings (SSSR count). The molecule has 0 radical (unpaired) electrons. The Morgan fingerprint density at radius 2 is 2.27 bits per heavy atom. The first-order valence-corrected chi connectivity index (χ1v) is 4.59. The van der Waals surface area contributed by atoms with Gasteiger partial charge in [-0.3, -0.25) is 4.79 Å². The van der Waals surface area contributed by atoms with E-state index in [9.17, 15) is 4.79 Å². The lowest BCUT2D eigenvalue weighted by molar-refractivity contribution is -0.121. The van der Waals surface area contributed by atoms with Gasteiger partial charge in [0.2, 0.25) is 5.91 Å². The molecule has 1 N–H and O–H groups in total. The highest BCUT2D eigenvalue weighted by molar-refractivity contribution is 6.18. The van der Waals surface area contributed by atoms with Gasteiger partial charge in [-0.15, -0.1) is 11.6 Å². The van der Waals surface area contributed by atoms with Gasteiger partial charge in [0.25, 0.3) is 0 Å². The molecule has 0 fully saturated rings. The standard InChI is InChI=1S/C8H16ClNO/c1-3-4-7(2)10-8(11)5-6-9/h7H,3-6H2,1-2H3,(H,10,11). The molecule has 0 aliphatic heterocycles. The maximum Gasteiger partial charge on any atom is 0.221 e. The number of rotatable bonds is 5. The molecule has 0 bridgehead atoms. The summed E-state index contributed by atoms with van der Waals surface area (Å²) >= 11 is 5.40. The van der Waals surface area contributed by atoms with Crippen molar-refractivity contribution in [1.29, 1.82) is 0 Å². The summed E-state index contributed by atoms with van der Waals surface area (Å²) in [7, 11) is 0. The first-order chi connectivity index (χ1) is 5.20. The highest BCUT2D eigenvalue weighted by Gasteiger charge is 2.04. The van der Waals surface area contributed by atoms with E-state index in [1.165, 1.54) is 0 Å². The van der Waals surface area contributed by atoms with Crippen LogP contribution in [0.1, 0.15) is 33.1 Å². The number of hydrogen-bond acceptors (Lipinski definition) is 1. The van der Waals surface area contributed by atoms with Crippen molar-refractivity contribution in [3.63, 3.8) is 0 Å². The van der Waals surface area contributed by atoms with Gasteiger partial charge >= 0.3 is 0 Å². The average Bonchev–Trinajstić information content (AvgIpc) is 1.87. The summed E-state index contributed by atoms with van der Waals surface area (Å²) in [6.07, 6.45) is 2.56. The molecule has 11 heavy (non-hydrogen) atoms. The van der Waals surface area contributed by atoms with Crippen LogP contribution in [0.5, 0.6) is 0 Å². The summed E-state index contributed by atoms with van der Waals surface area (Å²) in [6, 6.07) is 0.288. The molecule has 0 aliphatic rings. The Balaban J connectivity index is 3.40. The van der Waals surface area contributed by atoms with Gasteiger partial charge in [0.15, 0.2) is 0 Å². The molecular formula is C8H16ClNO. The van der Waals surface area contributed by atoms with Gasteiger partial charge < -0.3 is 5.32 Å². The second kappa shape index (κ2) is 6.47. The molecule has 0 heterocycles. The highest BCUT2D eigenvalue weighted by atomic mass is 35.5. The Bertz CT molecular complexity index is 117. The molecule has 0 aromatic carbocycles. The topological polar surface area (TPSA) is 29.1 Å². The van der Waals surface area contributed by atoms with E-state index >= 15 is 0 Å². The van der Waals surface area contributed by atoms with Gasteiger partial charge in [0, 0.05) is 18.3 Å². The number of carbonyl (C=O) groups is 1. The lowest BCUT2D eigenvalue weighted by Gasteiger charge is -2.11. The molecule has 0 aromatic heterocycles. The SMILES string of the molecule is CCCC(C)NC(=O)CCCl. The minimum absolute atomic E-state index is 0.0564. The normalized spacial score (nSPS) is 12.6. The van der Waals surface area contributed by atoms with E-state index < -0.39 is 0 Å². The number of alkyl halides is 1. The van der Waals surface area contributed by atoms with Crippen LogP contribution in [0, 0.1) is 0 Å². The molecule has 1 amide bonds. The van der Waals surface area contributed by atoms with E-state index in [-0.39, 0.29) is 11.9 Å². The molecule has 0 saturated heterocycles. The smallest absolute Gasteiger partial charge is 0.221 e. The van der Waals surface area contributed by atoms with Crippen molar-refractivity contribution in [3.8, 4) is 0 Å². The fourth-order valence-electron chi connectivity index (χ4n) is 0.938. The lowest BCUT2D eigenvalue weighted by Crippen LogP contribution is -2.32. The summed E-state index contributed by atoms with van der Waals surface area (Å²) in [5, 5.41) is 2.86. The largest absolute Gasteiger partial charge is 0.354 e. The number of carbonyl (C=O) groups excluding carboxylic acids is 1. The molecule has 0 aliphatic carbocycles. The molecule has 3 heteroatoms. The van der Waals surface area contributed by atoms with Crippen LogP contribution in [0.25, 0.3) is 0 Å². The second-order valence-corrected chi connectivity index (χ2v) is 3.07. The lowest BCUT2D eigenvalue weighted by atomic mass is 10.2. The van der Waals surface area contributed by atoms with E-state index in [0.29, 0.717) is 12.3 Å². The van der Waals surface area contributed by atoms with E-state index in [2.05, 4.69) is 12.2 Å². The molecule has 0 saturated carbocycles. The van der Waals surface area contributed by atoms with E-state index in [1.54, 1.807) is 0 Å². The monoisotopic (exact) mass is 177 g/mol. The molecule has 1 unspecified atom stereocenters. The van der Waals surface area contributed by atoms with Gasteiger partial charge in [-0.25, -0.2) is 0 Å². The van der Waals surface area contributed by atoms with Crippen molar-refractivity contribution in [1.82, 2.24) is 5.32 Å². The predicted octanol–water partition coefficient (Wildman–Crippen LogP) is 1.92. The zero-order valence-corrected chi connectivity index (χ0v) is 7.95. The Morgan fingerprint density at radius 3 is 2.73 bits per heavy atom. The molecule has 66 valence electrons. The maximum atomic E-state index is 10.9. The van der Waals surface area contributed by atoms with Crippen LogP contribution in [-0.2, 0) is 4.79 Å². The van der Waals surface area contributed by atoms with Crippen molar-refractivity contribution < 1.29 is 4.79 Å². The third kappa shape index (κ3) is 6.17. The van der Waals surface area contributed by atoms with Crippen LogP contribution in [0.15, 0.2) is 0 Å². The third-order valence-electron chi connectivity index (χ3n) is 1.45. The van der Waals surface area contributed by atoms with Crippen molar-refractivity contribution in [2.45, 2.75) is 39.2 Å². The van der Waals surface area contributed by atoms with Gasteiger partial charge in [0.05, 0.1) is 0 Å². The van der Waals surface area contributed by atoms with Crippen LogP contribution in [-0.4, -0.2) is 17.8 Å². The van der Waals surface area contributed by atoms with Crippen LogP contribution < -0.4 is 5.32 Å². The van der Waals surface area contributed by atoms with Crippen LogP contribution >= 0.6 is 11.6 Å². The summed E-state index contributed by atoms with van der Waals surface area (Å²) in [5.74, 6) is 0.464. The number of amides is 1. The first-order valence-electron chi connectivity index (χ1n) is 4.06. The molecule has 0 spiro atoms. The Kier molecular flexibility index (Phi) is 6.33. The minimum atomic E-state index is 0.0564. The van der Waals surface area contributed by atoms with Crippen LogP contribution in [0.2, 0.25) is 0 Å². The molecule has 0 aromatic rings. The van der Waals surface area contributed by atoms with Crippen molar-refractivity contribution in [2.24, 2.45) is 0 Å². The van der Waals surface area contributed by atoms with Crippen LogP contribution in [0.4, 0.5) is 0 Å². The van der Waals surface area contributed by atoms with Gasteiger partial charge in [-0.2, -0.15) is 0 Å². The highest BCUT2D eigenvalue weighted by Crippen LogP contribution is 1.95. The molecular weight excluding hydrogens is 162 g/mol. The number of nitrogens with one attached hydrogen (secondary N) is 1. The third-order valence-corrected chi connectivity index (χ3v) is 1.64. The maximum absolute atomic E-state index is 10.9.